The van der Waals surface area contributed by atoms with E-state index in [4.69, 9.17) is 44.9 Å². The lowest BCUT2D eigenvalue weighted by Gasteiger charge is -2.14. The number of thioether (sulfide) groups is 1. The Bertz CT molecular complexity index is 1230. The minimum absolute atomic E-state index is 0.146. The van der Waals surface area contributed by atoms with Crippen molar-refractivity contribution < 1.29 is 14.3 Å². The summed E-state index contributed by atoms with van der Waals surface area (Å²) in [6.45, 7) is 2.64. The molecule has 0 atom stereocenters. The number of amides is 1. The third kappa shape index (κ3) is 5.53. The average molecular weight is 516 g/mol. The van der Waals surface area contributed by atoms with Crippen LogP contribution in [0.5, 0.6) is 11.5 Å². The minimum Gasteiger partial charge on any atom is -0.490 e. The molecule has 0 spiro atoms. The van der Waals surface area contributed by atoms with Crippen molar-refractivity contribution in [2.24, 2.45) is 0 Å². The van der Waals surface area contributed by atoms with Crippen molar-refractivity contribution >= 4 is 69.2 Å². The lowest BCUT2D eigenvalue weighted by molar-refractivity contribution is -0.113. The predicted molar refractivity (Wildman–Crippen MR) is 140 cm³/mol. The van der Waals surface area contributed by atoms with Gasteiger partial charge in [-0.2, -0.15) is 0 Å². The summed E-state index contributed by atoms with van der Waals surface area (Å²) in [6, 6.07) is 20.2. The van der Waals surface area contributed by atoms with E-state index in [2.05, 4.69) is 0 Å². The molecule has 3 aromatic rings. The summed E-state index contributed by atoms with van der Waals surface area (Å²) in [5.41, 5.74) is 2.38. The molecule has 0 N–H and O–H groups in total. The Morgan fingerprint density at radius 2 is 1.79 bits per heavy atom. The highest BCUT2D eigenvalue weighted by molar-refractivity contribution is 8.27. The van der Waals surface area contributed by atoms with E-state index in [9.17, 15) is 4.79 Å². The third-order valence-electron chi connectivity index (χ3n) is 4.77. The number of para-hydroxylation sites is 1. The lowest BCUT2D eigenvalue weighted by Crippen LogP contribution is -2.27. The molecule has 4 rings (SSSR count). The molecule has 0 saturated carbocycles. The quantitative estimate of drug-likeness (QED) is 0.242. The molecule has 1 saturated heterocycles. The topological polar surface area (TPSA) is 38.8 Å². The predicted octanol–water partition coefficient (Wildman–Crippen LogP) is 7.38. The summed E-state index contributed by atoms with van der Waals surface area (Å²) < 4.78 is 12.2. The maximum Gasteiger partial charge on any atom is 0.270 e. The van der Waals surface area contributed by atoms with Crippen LogP contribution in [-0.4, -0.2) is 16.8 Å². The first-order valence-electron chi connectivity index (χ1n) is 10.1. The van der Waals surface area contributed by atoms with Crippen LogP contribution in [0.4, 0.5) is 5.69 Å². The molecule has 0 aliphatic carbocycles. The van der Waals surface area contributed by atoms with E-state index in [0.717, 1.165) is 16.8 Å². The summed E-state index contributed by atoms with van der Waals surface area (Å²) in [4.78, 5) is 15.1. The number of rotatable bonds is 7. The molecule has 168 valence electrons. The molecule has 0 radical (unpaired) electrons. The Labute approximate surface area is 212 Å². The number of ether oxygens (including phenoxy) is 2. The molecule has 4 nitrogen and oxygen atoms in total. The van der Waals surface area contributed by atoms with E-state index in [-0.39, 0.29) is 12.5 Å². The second kappa shape index (κ2) is 10.6. The van der Waals surface area contributed by atoms with Crippen LogP contribution >= 0.6 is 47.2 Å². The smallest absolute Gasteiger partial charge is 0.270 e. The molecule has 1 heterocycles. The fourth-order valence-electron chi connectivity index (χ4n) is 3.21. The molecule has 0 bridgehead atoms. The van der Waals surface area contributed by atoms with Gasteiger partial charge in [0.1, 0.15) is 6.61 Å². The van der Waals surface area contributed by atoms with Gasteiger partial charge in [0.25, 0.3) is 5.91 Å². The van der Waals surface area contributed by atoms with Crippen molar-refractivity contribution in [3.8, 4) is 11.5 Å². The normalized spacial score (nSPS) is 14.8. The zero-order chi connectivity index (χ0) is 23.4. The van der Waals surface area contributed by atoms with Gasteiger partial charge in [0.05, 0.1) is 17.2 Å². The maximum atomic E-state index is 13.0. The van der Waals surface area contributed by atoms with Gasteiger partial charge in [-0.3, -0.25) is 9.69 Å². The minimum atomic E-state index is -0.146. The van der Waals surface area contributed by atoms with E-state index in [1.54, 1.807) is 17.0 Å². The second-order valence-corrected chi connectivity index (χ2v) is 9.54. The first-order valence-corrected chi connectivity index (χ1v) is 12.1. The van der Waals surface area contributed by atoms with Crippen LogP contribution in [-0.2, 0) is 11.4 Å². The number of hydrogen-bond donors (Lipinski definition) is 0. The zero-order valence-electron chi connectivity index (χ0n) is 17.6. The number of carbonyl (C=O) groups excluding carboxylic acids is 1. The molecule has 1 amide bonds. The first-order chi connectivity index (χ1) is 16.0. The van der Waals surface area contributed by atoms with Crippen LogP contribution in [0.15, 0.2) is 71.6 Å². The number of carbonyl (C=O) groups is 1. The fourth-order valence-corrected chi connectivity index (χ4v) is 4.98. The van der Waals surface area contributed by atoms with Gasteiger partial charge in [0.15, 0.2) is 15.8 Å². The van der Waals surface area contributed by atoms with Gasteiger partial charge in [-0.15, -0.1) is 0 Å². The van der Waals surface area contributed by atoms with Crippen LogP contribution < -0.4 is 14.4 Å². The Kier molecular flexibility index (Phi) is 7.60. The van der Waals surface area contributed by atoms with Gasteiger partial charge in [-0.25, -0.2) is 0 Å². The van der Waals surface area contributed by atoms with E-state index in [1.807, 2.05) is 67.6 Å². The van der Waals surface area contributed by atoms with Gasteiger partial charge in [-0.1, -0.05) is 77.5 Å². The van der Waals surface area contributed by atoms with E-state index >= 15 is 0 Å². The molecule has 8 heteroatoms. The standard InChI is InChI=1S/C25H19Cl2NO3S2/c1-2-30-22-12-16(8-11-21(22)31-15-17-9-10-18(26)14-20(17)27)13-23-24(29)28(25(32)33-23)19-6-4-3-5-7-19/h3-14H,2,15H2,1H3. The van der Waals surface area contributed by atoms with E-state index in [1.165, 1.54) is 11.8 Å². The first kappa shape index (κ1) is 23.6. The molecular formula is C25H19Cl2NO3S2. The monoisotopic (exact) mass is 515 g/mol. The largest absolute Gasteiger partial charge is 0.490 e. The highest BCUT2D eigenvalue weighted by atomic mass is 35.5. The number of anilines is 1. The summed E-state index contributed by atoms with van der Waals surface area (Å²) in [7, 11) is 0. The van der Waals surface area contributed by atoms with Gasteiger partial charge in [0, 0.05) is 15.6 Å². The number of halogens is 2. The van der Waals surface area contributed by atoms with Gasteiger partial charge in [-0.05, 0) is 55.0 Å². The highest BCUT2D eigenvalue weighted by Gasteiger charge is 2.33. The average Bonchev–Trinajstić information content (AvgIpc) is 3.07. The highest BCUT2D eigenvalue weighted by Crippen LogP contribution is 2.37. The summed E-state index contributed by atoms with van der Waals surface area (Å²) >= 11 is 18.9. The van der Waals surface area contributed by atoms with Gasteiger partial charge < -0.3 is 9.47 Å². The fraction of sp³-hybridized carbons (Fsp3) is 0.120. The lowest BCUT2D eigenvalue weighted by atomic mass is 10.1. The molecular weight excluding hydrogens is 497 g/mol. The van der Waals surface area contributed by atoms with Crippen molar-refractivity contribution in [2.75, 3.05) is 11.5 Å². The molecule has 1 fully saturated rings. The SMILES string of the molecule is CCOc1cc(C=C2SC(=S)N(c3ccccc3)C2=O)ccc1OCc1ccc(Cl)cc1Cl. The van der Waals surface area contributed by atoms with Crippen molar-refractivity contribution in [3.63, 3.8) is 0 Å². The maximum absolute atomic E-state index is 13.0. The summed E-state index contributed by atoms with van der Waals surface area (Å²) in [5.74, 6) is 1.01. The number of benzene rings is 3. The molecule has 1 aliphatic rings. The van der Waals surface area contributed by atoms with Crippen molar-refractivity contribution in [2.45, 2.75) is 13.5 Å². The van der Waals surface area contributed by atoms with Crippen LogP contribution in [0.25, 0.3) is 6.08 Å². The van der Waals surface area contributed by atoms with E-state index in [0.29, 0.717) is 37.4 Å². The Hall–Kier alpha value is -2.51. The summed E-state index contributed by atoms with van der Waals surface area (Å²) in [6.07, 6.45) is 1.81. The third-order valence-corrected chi connectivity index (χ3v) is 6.66. The van der Waals surface area contributed by atoms with Crippen LogP contribution in [0, 0.1) is 0 Å². The molecule has 0 aromatic heterocycles. The second-order valence-electron chi connectivity index (χ2n) is 7.02. The van der Waals surface area contributed by atoms with Crippen LogP contribution in [0.2, 0.25) is 10.0 Å². The Morgan fingerprint density at radius 3 is 2.52 bits per heavy atom. The number of thiocarbonyl (C=S) groups is 1. The molecule has 1 aliphatic heterocycles. The van der Waals surface area contributed by atoms with Gasteiger partial charge >= 0.3 is 0 Å². The number of hydrogen-bond acceptors (Lipinski definition) is 5. The molecule has 0 unspecified atom stereocenters. The van der Waals surface area contributed by atoms with Gasteiger partial charge in [0.2, 0.25) is 0 Å². The summed E-state index contributed by atoms with van der Waals surface area (Å²) in [5, 5.41) is 1.11. The van der Waals surface area contributed by atoms with Crippen molar-refractivity contribution in [3.05, 3.63) is 92.8 Å². The van der Waals surface area contributed by atoms with E-state index < -0.39 is 0 Å². The van der Waals surface area contributed by atoms with Crippen LogP contribution in [0.3, 0.4) is 0 Å². The zero-order valence-corrected chi connectivity index (χ0v) is 20.7. The Balaban J connectivity index is 1.55. The number of nitrogens with zero attached hydrogens (tertiary/aromatic N) is 1. The van der Waals surface area contributed by atoms with Crippen molar-refractivity contribution in [1.29, 1.82) is 0 Å². The molecule has 3 aromatic carbocycles. The van der Waals surface area contributed by atoms with Crippen molar-refractivity contribution in [1.82, 2.24) is 0 Å². The Morgan fingerprint density at radius 1 is 1.00 bits per heavy atom. The molecule has 33 heavy (non-hydrogen) atoms. The van der Waals surface area contributed by atoms with Crippen LogP contribution in [0.1, 0.15) is 18.1 Å².